The van der Waals surface area contributed by atoms with Gasteiger partial charge in [-0.3, -0.25) is 14.4 Å². The van der Waals surface area contributed by atoms with Gasteiger partial charge in [0.2, 0.25) is 5.91 Å². The minimum absolute atomic E-state index is 0.0858. The summed E-state index contributed by atoms with van der Waals surface area (Å²) in [7, 11) is 0. The van der Waals surface area contributed by atoms with Crippen LogP contribution in [0.25, 0.3) is 0 Å². The highest BCUT2D eigenvalue weighted by atomic mass is 19.4. The molecule has 6 nitrogen and oxygen atoms in total. The first-order chi connectivity index (χ1) is 12.1. The fraction of sp³-hybridized carbons (Fsp3) is 0.471. The molecule has 1 rings (SSSR count). The second-order valence-corrected chi connectivity index (χ2v) is 5.79. The summed E-state index contributed by atoms with van der Waals surface area (Å²) in [6, 6.07) is 2.67. The van der Waals surface area contributed by atoms with Crippen LogP contribution in [0, 0.1) is 0 Å². The second-order valence-electron chi connectivity index (χ2n) is 5.79. The number of unbranched alkanes of at least 4 members (excludes halogenated alkanes) is 3. The molecule has 0 fully saturated rings. The second kappa shape index (κ2) is 9.79. The molecule has 0 heterocycles. The van der Waals surface area contributed by atoms with E-state index in [4.69, 9.17) is 5.11 Å². The summed E-state index contributed by atoms with van der Waals surface area (Å²) >= 11 is 0. The Labute approximate surface area is 148 Å². The summed E-state index contributed by atoms with van der Waals surface area (Å²) in [4.78, 5) is 33.5. The van der Waals surface area contributed by atoms with Crippen LogP contribution in [-0.4, -0.2) is 29.4 Å². The molecule has 0 spiro atoms. The number of rotatable bonds is 9. The zero-order valence-electron chi connectivity index (χ0n) is 14.3. The first-order valence-electron chi connectivity index (χ1n) is 8.09. The number of halogens is 3. The third kappa shape index (κ3) is 8.00. The third-order valence-electron chi connectivity index (χ3n) is 3.45. The molecule has 2 amide bonds. The van der Waals surface area contributed by atoms with Crippen molar-refractivity contribution in [1.82, 2.24) is 5.32 Å². The topological polar surface area (TPSA) is 95.5 Å². The number of hydrogen-bond donors (Lipinski definition) is 3. The molecule has 0 aromatic heterocycles. The lowest BCUT2D eigenvalue weighted by atomic mass is 10.1. The van der Waals surface area contributed by atoms with E-state index >= 15 is 0 Å². The molecule has 0 bridgehead atoms. The summed E-state index contributed by atoms with van der Waals surface area (Å²) in [6.45, 7) is 1.42. The third-order valence-corrected chi connectivity index (χ3v) is 3.45. The Morgan fingerprint density at radius 2 is 1.69 bits per heavy atom. The Hall–Kier alpha value is -2.58. The molecule has 0 saturated heterocycles. The van der Waals surface area contributed by atoms with Crippen LogP contribution in [0.2, 0.25) is 0 Å². The van der Waals surface area contributed by atoms with E-state index in [2.05, 4.69) is 10.6 Å². The number of alkyl halides is 3. The zero-order valence-corrected chi connectivity index (χ0v) is 14.3. The van der Waals surface area contributed by atoms with Crippen LogP contribution < -0.4 is 10.6 Å². The molecular weight excluding hydrogens is 353 g/mol. The van der Waals surface area contributed by atoms with Crippen LogP contribution in [0.15, 0.2) is 18.2 Å². The van der Waals surface area contributed by atoms with E-state index in [-0.39, 0.29) is 24.2 Å². The number of aliphatic carboxylic acids is 1. The molecule has 9 heteroatoms. The van der Waals surface area contributed by atoms with Gasteiger partial charge in [-0.25, -0.2) is 0 Å². The highest BCUT2D eigenvalue weighted by molar-refractivity contribution is 5.97. The molecule has 1 aromatic carbocycles. The van der Waals surface area contributed by atoms with Crippen LogP contribution in [0.5, 0.6) is 0 Å². The van der Waals surface area contributed by atoms with Crippen molar-refractivity contribution in [3.8, 4) is 0 Å². The van der Waals surface area contributed by atoms with Crippen LogP contribution in [0.4, 0.5) is 18.9 Å². The molecule has 0 aliphatic rings. The van der Waals surface area contributed by atoms with E-state index in [9.17, 15) is 27.6 Å². The van der Waals surface area contributed by atoms with Crippen LogP contribution in [0.3, 0.4) is 0 Å². The summed E-state index contributed by atoms with van der Waals surface area (Å²) in [6.07, 6.45) is -2.04. The number of nitrogens with one attached hydrogen (secondary N) is 2. The van der Waals surface area contributed by atoms with Crippen molar-refractivity contribution in [2.45, 2.75) is 45.2 Å². The van der Waals surface area contributed by atoms with Gasteiger partial charge in [0.25, 0.3) is 5.91 Å². The predicted molar refractivity (Wildman–Crippen MR) is 88.8 cm³/mol. The van der Waals surface area contributed by atoms with Crippen LogP contribution >= 0.6 is 0 Å². The SMILES string of the molecule is CC(=O)Nc1cc(C(=O)NCCCCCCC(=O)O)cc(C(F)(F)F)c1. The average molecular weight is 374 g/mol. The normalized spacial score (nSPS) is 11.1. The van der Waals surface area contributed by atoms with Gasteiger partial charge >= 0.3 is 12.1 Å². The van der Waals surface area contributed by atoms with Gasteiger partial charge in [-0.15, -0.1) is 0 Å². The van der Waals surface area contributed by atoms with Gasteiger partial charge in [0, 0.05) is 31.1 Å². The van der Waals surface area contributed by atoms with E-state index in [1.165, 1.54) is 6.07 Å². The lowest BCUT2D eigenvalue weighted by molar-refractivity contribution is -0.138. The lowest BCUT2D eigenvalue weighted by Crippen LogP contribution is -2.25. The van der Waals surface area contributed by atoms with Crippen molar-refractivity contribution in [3.05, 3.63) is 29.3 Å². The maximum Gasteiger partial charge on any atom is 0.416 e. The Bertz CT molecular complexity index is 660. The predicted octanol–water partition coefficient (Wildman–Crippen LogP) is 3.43. The molecule has 26 heavy (non-hydrogen) atoms. The molecule has 0 atom stereocenters. The van der Waals surface area contributed by atoms with Gasteiger partial charge in [-0.05, 0) is 31.0 Å². The first kappa shape index (κ1) is 21.5. The number of carbonyl (C=O) groups is 3. The van der Waals surface area contributed by atoms with Gasteiger partial charge in [0.1, 0.15) is 0 Å². The number of benzene rings is 1. The molecule has 0 saturated carbocycles. The Morgan fingerprint density at radius 3 is 2.27 bits per heavy atom. The fourth-order valence-corrected chi connectivity index (χ4v) is 2.26. The quantitative estimate of drug-likeness (QED) is 0.577. The van der Waals surface area contributed by atoms with Crippen LogP contribution in [0.1, 0.15) is 54.9 Å². The molecule has 0 radical (unpaired) electrons. The lowest BCUT2D eigenvalue weighted by Gasteiger charge is -2.12. The molecule has 1 aromatic rings. The maximum atomic E-state index is 12.9. The monoisotopic (exact) mass is 374 g/mol. The van der Waals surface area contributed by atoms with Gasteiger partial charge in [-0.1, -0.05) is 12.8 Å². The van der Waals surface area contributed by atoms with Gasteiger partial charge in [0.05, 0.1) is 5.56 Å². The summed E-state index contributed by atoms with van der Waals surface area (Å²) in [5, 5.41) is 13.3. The van der Waals surface area contributed by atoms with E-state index in [1.807, 2.05) is 0 Å². The highest BCUT2D eigenvalue weighted by Crippen LogP contribution is 2.32. The highest BCUT2D eigenvalue weighted by Gasteiger charge is 2.32. The minimum Gasteiger partial charge on any atom is -0.481 e. The van der Waals surface area contributed by atoms with Gasteiger partial charge < -0.3 is 15.7 Å². The van der Waals surface area contributed by atoms with E-state index in [0.29, 0.717) is 25.7 Å². The molecule has 0 unspecified atom stereocenters. The van der Waals surface area contributed by atoms with E-state index in [1.54, 1.807) is 0 Å². The number of carboxylic acids is 1. The molecular formula is C17H21F3N2O4. The first-order valence-corrected chi connectivity index (χ1v) is 8.09. The standard InChI is InChI=1S/C17H21F3N2O4/c1-11(23)22-14-9-12(8-13(10-14)17(18,19)20)16(26)21-7-5-3-2-4-6-15(24)25/h8-10H,2-7H2,1H3,(H,21,26)(H,22,23)(H,24,25). The fourth-order valence-electron chi connectivity index (χ4n) is 2.26. The summed E-state index contributed by atoms with van der Waals surface area (Å²) in [5.41, 5.74) is -1.33. The Morgan fingerprint density at radius 1 is 1.04 bits per heavy atom. The number of carbonyl (C=O) groups excluding carboxylic acids is 2. The van der Waals surface area contributed by atoms with Crippen molar-refractivity contribution >= 4 is 23.5 Å². The van der Waals surface area contributed by atoms with Gasteiger partial charge in [-0.2, -0.15) is 13.2 Å². The number of anilines is 1. The Balaban J connectivity index is 2.64. The van der Waals surface area contributed by atoms with Crippen molar-refractivity contribution in [1.29, 1.82) is 0 Å². The van der Waals surface area contributed by atoms with Crippen molar-refractivity contribution in [3.63, 3.8) is 0 Å². The van der Waals surface area contributed by atoms with Crippen molar-refractivity contribution < 1.29 is 32.7 Å². The van der Waals surface area contributed by atoms with Crippen molar-refractivity contribution in [2.75, 3.05) is 11.9 Å². The van der Waals surface area contributed by atoms with Crippen LogP contribution in [-0.2, 0) is 15.8 Å². The largest absolute Gasteiger partial charge is 0.481 e. The van der Waals surface area contributed by atoms with E-state index in [0.717, 1.165) is 19.1 Å². The van der Waals surface area contributed by atoms with Crippen molar-refractivity contribution in [2.24, 2.45) is 0 Å². The molecule has 144 valence electrons. The molecule has 0 aliphatic carbocycles. The summed E-state index contributed by atoms with van der Waals surface area (Å²) in [5.74, 6) is -2.08. The maximum absolute atomic E-state index is 12.9. The number of hydrogen-bond acceptors (Lipinski definition) is 3. The molecule has 3 N–H and O–H groups in total. The Kier molecular flexibility index (Phi) is 8.08. The number of amides is 2. The number of carboxylic acid groups (broad SMARTS) is 1. The minimum atomic E-state index is -4.65. The average Bonchev–Trinajstić information content (AvgIpc) is 2.51. The molecule has 0 aliphatic heterocycles. The summed E-state index contributed by atoms with van der Waals surface area (Å²) < 4.78 is 38.8. The zero-order chi connectivity index (χ0) is 19.7. The smallest absolute Gasteiger partial charge is 0.416 e. The van der Waals surface area contributed by atoms with E-state index < -0.39 is 29.5 Å². The van der Waals surface area contributed by atoms with Gasteiger partial charge in [0.15, 0.2) is 0 Å².